The van der Waals surface area contributed by atoms with Crippen LogP contribution in [0.2, 0.25) is 0 Å². The minimum atomic E-state index is -0.112. The lowest BCUT2D eigenvalue weighted by molar-refractivity contribution is 0.247. The Morgan fingerprint density at radius 3 is 1.57 bits per heavy atom. The van der Waals surface area contributed by atoms with Crippen molar-refractivity contribution in [3.63, 3.8) is 0 Å². The smallest absolute Gasteiger partial charge is 0.157 e. The van der Waals surface area contributed by atoms with E-state index in [0.29, 0.717) is 18.8 Å². The number of phenols is 3. The maximum atomic E-state index is 9.83. The molecule has 0 bridgehead atoms. The Labute approximate surface area is 166 Å². The lowest BCUT2D eigenvalue weighted by atomic mass is 10.0. The first-order valence-corrected chi connectivity index (χ1v) is 9.39. The zero-order chi connectivity index (χ0) is 20.3. The number of aromatic hydroxyl groups is 3. The minimum absolute atomic E-state index is 0.107. The Bertz CT molecular complexity index is 854. The molecule has 0 spiro atoms. The van der Waals surface area contributed by atoms with E-state index in [1.54, 1.807) is 12.1 Å². The summed E-state index contributed by atoms with van der Waals surface area (Å²) >= 11 is 0. The van der Waals surface area contributed by atoms with Gasteiger partial charge in [0, 0.05) is 19.6 Å². The highest BCUT2D eigenvalue weighted by Gasteiger charge is 2.11. The van der Waals surface area contributed by atoms with E-state index in [9.17, 15) is 15.3 Å². The van der Waals surface area contributed by atoms with E-state index in [4.69, 9.17) is 0 Å². The van der Waals surface area contributed by atoms with Crippen LogP contribution in [-0.2, 0) is 19.6 Å². The van der Waals surface area contributed by atoms with Gasteiger partial charge in [0.05, 0.1) is 0 Å². The predicted molar refractivity (Wildman–Crippen MR) is 111 cm³/mol. The SMILES string of the molecule is Cc1ccc(CN(Cc2ccc(O)c(C)c2)Cc2ccc(O)c(O)c2)cc1C. The summed E-state index contributed by atoms with van der Waals surface area (Å²) in [5.41, 5.74) is 6.65. The molecule has 0 heterocycles. The summed E-state index contributed by atoms with van der Waals surface area (Å²) in [6, 6.07) is 17.1. The van der Waals surface area contributed by atoms with Crippen molar-refractivity contribution in [3.8, 4) is 17.2 Å². The van der Waals surface area contributed by atoms with E-state index in [2.05, 4.69) is 36.9 Å². The molecule has 0 aromatic heterocycles. The highest BCUT2D eigenvalue weighted by molar-refractivity contribution is 5.40. The fourth-order valence-corrected chi connectivity index (χ4v) is 3.33. The molecule has 4 heteroatoms. The number of phenolic OH excluding ortho intramolecular Hbond substituents is 3. The first-order valence-electron chi connectivity index (χ1n) is 9.39. The Morgan fingerprint density at radius 1 is 0.536 bits per heavy atom. The fourth-order valence-electron chi connectivity index (χ4n) is 3.33. The van der Waals surface area contributed by atoms with Crippen molar-refractivity contribution in [1.29, 1.82) is 0 Å². The van der Waals surface area contributed by atoms with Gasteiger partial charge in [0.2, 0.25) is 0 Å². The van der Waals surface area contributed by atoms with Crippen LogP contribution in [0.5, 0.6) is 17.2 Å². The van der Waals surface area contributed by atoms with E-state index in [1.807, 2.05) is 25.1 Å². The molecule has 146 valence electrons. The van der Waals surface area contributed by atoms with Gasteiger partial charge in [0.15, 0.2) is 11.5 Å². The van der Waals surface area contributed by atoms with Crippen LogP contribution < -0.4 is 0 Å². The molecule has 0 saturated carbocycles. The number of rotatable bonds is 6. The zero-order valence-electron chi connectivity index (χ0n) is 16.6. The molecule has 0 unspecified atom stereocenters. The largest absolute Gasteiger partial charge is 0.508 e. The molecule has 4 nitrogen and oxygen atoms in total. The van der Waals surface area contributed by atoms with E-state index >= 15 is 0 Å². The van der Waals surface area contributed by atoms with Crippen molar-refractivity contribution >= 4 is 0 Å². The van der Waals surface area contributed by atoms with Crippen LogP contribution in [-0.4, -0.2) is 20.2 Å². The molecule has 3 rings (SSSR count). The molecule has 0 aliphatic carbocycles. The van der Waals surface area contributed by atoms with Crippen LogP contribution in [0.15, 0.2) is 54.6 Å². The third-order valence-corrected chi connectivity index (χ3v) is 5.09. The molecular weight excluding hydrogens is 350 g/mol. The van der Waals surface area contributed by atoms with E-state index in [0.717, 1.165) is 23.2 Å². The molecule has 0 aliphatic rings. The van der Waals surface area contributed by atoms with Crippen molar-refractivity contribution in [2.75, 3.05) is 0 Å². The summed E-state index contributed by atoms with van der Waals surface area (Å²) < 4.78 is 0. The number of benzene rings is 3. The molecular formula is C24H27NO3. The van der Waals surface area contributed by atoms with Crippen molar-refractivity contribution in [2.24, 2.45) is 0 Å². The minimum Gasteiger partial charge on any atom is -0.508 e. The highest BCUT2D eigenvalue weighted by Crippen LogP contribution is 2.27. The zero-order valence-corrected chi connectivity index (χ0v) is 16.6. The Hall–Kier alpha value is -2.98. The second-order valence-electron chi connectivity index (χ2n) is 7.51. The standard InChI is InChI=1S/C24H27NO3/c1-16-4-5-19(10-17(16)2)13-25(14-20-6-8-22(26)18(3)11-20)15-21-7-9-23(27)24(28)12-21/h4-12,26-28H,13-15H2,1-3H3. The third kappa shape index (κ3) is 4.84. The molecule has 3 aromatic rings. The van der Waals surface area contributed by atoms with Crippen molar-refractivity contribution < 1.29 is 15.3 Å². The Kier molecular flexibility index (Phi) is 5.90. The van der Waals surface area contributed by atoms with E-state index in [1.165, 1.54) is 22.8 Å². The van der Waals surface area contributed by atoms with Gasteiger partial charge in [-0.2, -0.15) is 0 Å². The Balaban J connectivity index is 1.86. The lowest BCUT2D eigenvalue weighted by Crippen LogP contribution is -2.22. The van der Waals surface area contributed by atoms with Gasteiger partial charge >= 0.3 is 0 Å². The Morgan fingerprint density at radius 2 is 1.04 bits per heavy atom. The normalized spacial score (nSPS) is 11.1. The van der Waals surface area contributed by atoms with E-state index < -0.39 is 0 Å². The van der Waals surface area contributed by atoms with Crippen LogP contribution in [0.25, 0.3) is 0 Å². The molecule has 3 N–H and O–H groups in total. The van der Waals surface area contributed by atoms with E-state index in [-0.39, 0.29) is 11.5 Å². The summed E-state index contributed by atoms with van der Waals surface area (Å²) in [4.78, 5) is 2.28. The van der Waals surface area contributed by atoms with Gasteiger partial charge < -0.3 is 15.3 Å². The summed E-state index contributed by atoms with van der Waals surface area (Å²) in [6.45, 7) is 8.20. The first-order chi connectivity index (χ1) is 13.3. The molecule has 0 amide bonds. The lowest BCUT2D eigenvalue weighted by Gasteiger charge is -2.24. The summed E-state index contributed by atoms with van der Waals surface area (Å²) in [6.07, 6.45) is 0. The average Bonchev–Trinajstić information content (AvgIpc) is 2.64. The van der Waals surface area contributed by atoms with Crippen molar-refractivity contribution in [2.45, 2.75) is 40.4 Å². The van der Waals surface area contributed by atoms with Crippen molar-refractivity contribution in [3.05, 3.63) is 88.0 Å². The second-order valence-corrected chi connectivity index (χ2v) is 7.51. The summed E-state index contributed by atoms with van der Waals surface area (Å²) in [7, 11) is 0. The van der Waals surface area contributed by atoms with Gasteiger partial charge in [-0.1, -0.05) is 36.4 Å². The molecule has 28 heavy (non-hydrogen) atoms. The molecule has 0 fully saturated rings. The van der Waals surface area contributed by atoms with Crippen LogP contribution in [0.1, 0.15) is 33.4 Å². The average molecular weight is 377 g/mol. The van der Waals surface area contributed by atoms with Crippen LogP contribution in [0.3, 0.4) is 0 Å². The van der Waals surface area contributed by atoms with Gasteiger partial charge in [0.25, 0.3) is 0 Å². The summed E-state index contributed by atoms with van der Waals surface area (Å²) in [5.74, 6) is 0.0793. The topological polar surface area (TPSA) is 63.9 Å². The molecule has 0 atom stereocenters. The molecule has 0 saturated heterocycles. The van der Waals surface area contributed by atoms with Crippen molar-refractivity contribution in [1.82, 2.24) is 4.90 Å². The van der Waals surface area contributed by atoms with Crippen LogP contribution in [0.4, 0.5) is 0 Å². The van der Waals surface area contributed by atoms with Crippen LogP contribution in [0, 0.1) is 20.8 Å². The van der Waals surface area contributed by atoms with Gasteiger partial charge in [0.1, 0.15) is 5.75 Å². The van der Waals surface area contributed by atoms with Gasteiger partial charge in [-0.15, -0.1) is 0 Å². The fraction of sp³-hybridized carbons (Fsp3) is 0.250. The number of hydrogen-bond acceptors (Lipinski definition) is 4. The predicted octanol–water partition coefficient (Wildman–Crippen LogP) is 4.93. The maximum absolute atomic E-state index is 9.83. The first kappa shape index (κ1) is 19.8. The second kappa shape index (κ2) is 8.36. The summed E-state index contributed by atoms with van der Waals surface area (Å²) in [5, 5.41) is 29.2. The highest BCUT2D eigenvalue weighted by atomic mass is 16.3. The van der Waals surface area contributed by atoms with Gasteiger partial charge in [-0.05, 0) is 72.4 Å². The van der Waals surface area contributed by atoms with Gasteiger partial charge in [-0.25, -0.2) is 0 Å². The molecule has 3 aromatic carbocycles. The third-order valence-electron chi connectivity index (χ3n) is 5.09. The number of hydrogen-bond donors (Lipinski definition) is 3. The van der Waals surface area contributed by atoms with Gasteiger partial charge in [-0.3, -0.25) is 4.90 Å². The molecule has 0 radical (unpaired) electrons. The monoisotopic (exact) mass is 377 g/mol. The quantitative estimate of drug-likeness (QED) is 0.533. The maximum Gasteiger partial charge on any atom is 0.157 e. The molecule has 0 aliphatic heterocycles. The number of aryl methyl sites for hydroxylation is 3. The van der Waals surface area contributed by atoms with Crippen LogP contribution >= 0.6 is 0 Å². The number of nitrogens with zero attached hydrogens (tertiary/aromatic N) is 1.